The fourth-order valence-corrected chi connectivity index (χ4v) is 4.13. The van der Waals surface area contributed by atoms with Crippen molar-refractivity contribution in [3.8, 4) is 5.82 Å². The molecule has 32 heavy (non-hydrogen) atoms. The lowest BCUT2D eigenvalue weighted by atomic mass is 10.1. The molecule has 9 heteroatoms. The number of carbonyl (C=O) groups is 1. The van der Waals surface area contributed by atoms with Gasteiger partial charge in [0.1, 0.15) is 12.1 Å². The van der Waals surface area contributed by atoms with Crippen LogP contribution in [0, 0.1) is 20.8 Å². The molecule has 0 unspecified atom stereocenters. The average molecular weight is 455 g/mol. The quantitative estimate of drug-likeness (QED) is 0.612. The first-order chi connectivity index (χ1) is 15.4. The van der Waals surface area contributed by atoms with Gasteiger partial charge in [-0.05, 0) is 50.5 Å². The molecule has 0 aliphatic carbocycles. The van der Waals surface area contributed by atoms with Crippen LogP contribution >= 0.6 is 11.6 Å². The number of aromatic nitrogens is 4. The Labute approximate surface area is 192 Å². The average Bonchev–Trinajstić information content (AvgIpc) is 3.08. The van der Waals surface area contributed by atoms with Gasteiger partial charge < -0.3 is 15.0 Å². The second-order valence-electron chi connectivity index (χ2n) is 7.93. The maximum atomic E-state index is 12.5. The third kappa shape index (κ3) is 4.92. The fourth-order valence-electron chi connectivity index (χ4n) is 3.85. The van der Waals surface area contributed by atoms with Crippen LogP contribution in [0.5, 0.6) is 0 Å². The smallest absolute Gasteiger partial charge is 0.224 e. The number of hydrogen-bond donors (Lipinski definition) is 1. The highest BCUT2D eigenvalue weighted by Gasteiger charge is 2.18. The van der Waals surface area contributed by atoms with Crippen LogP contribution in [-0.4, -0.2) is 52.0 Å². The molecular weight excluding hydrogens is 428 g/mol. The molecule has 1 aliphatic heterocycles. The van der Waals surface area contributed by atoms with Crippen molar-refractivity contribution in [1.82, 2.24) is 19.7 Å². The number of nitrogens with zero attached hydrogens (tertiary/aromatic N) is 5. The summed E-state index contributed by atoms with van der Waals surface area (Å²) in [7, 11) is 0. The number of carbonyl (C=O) groups excluding carboxylic acids is 1. The van der Waals surface area contributed by atoms with Crippen LogP contribution in [0.25, 0.3) is 5.82 Å². The minimum Gasteiger partial charge on any atom is -0.378 e. The van der Waals surface area contributed by atoms with Crippen molar-refractivity contribution in [2.75, 3.05) is 36.5 Å². The Morgan fingerprint density at radius 1 is 1.12 bits per heavy atom. The van der Waals surface area contributed by atoms with Crippen molar-refractivity contribution in [3.05, 3.63) is 58.1 Å². The molecule has 1 aromatic carbocycles. The Morgan fingerprint density at radius 2 is 1.88 bits per heavy atom. The number of nitrogens with one attached hydrogen (secondary N) is 1. The lowest BCUT2D eigenvalue weighted by molar-refractivity contribution is -0.116. The number of ether oxygens (including phenoxy) is 1. The van der Waals surface area contributed by atoms with Gasteiger partial charge in [-0.2, -0.15) is 5.10 Å². The molecule has 0 spiro atoms. The van der Waals surface area contributed by atoms with Crippen LogP contribution in [0.1, 0.15) is 28.9 Å². The Morgan fingerprint density at radius 3 is 2.62 bits per heavy atom. The number of anilines is 2. The number of hydrogen-bond acceptors (Lipinski definition) is 6. The summed E-state index contributed by atoms with van der Waals surface area (Å²) in [5, 5.41) is 8.12. The zero-order valence-corrected chi connectivity index (χ0v) is 19.3. The van der Waals surface area contributed by atoms with Crippen LogP contribution < -0.4 is 10.2 Å². The summed E-state index contributed by atoms with van der Waals surface area (Å²) < 4.78 is 7.25. The maximum absolute atomic E-state index is 12.5. The summed E-state index contributed by atoms with van der Waals surface area (Å²) in [5.74, 6) is 1.49. The van der Waals surface area contributed by atoms with Crippen LogP contribution in [0.15, 0.2) is 30.6 Å². The zero-order chi connectivity index (χ0) is 22.7. The highest BCUT2D eigenvalue weighted by Crippen LogP contribution is 2.24. The van der Waals surface area contributed by atoms with E-state index in [1.54, 1.807) is 6.33 Å². The van der Waals surface area contributed by atoms with E-state index in [2.05, 4.69) is 25.3 Å². The van der Waals surface area contributed by atoms with Gasteiger partial charge in [0.2, 0.25) is 5.91 Å². The number of aryl methyl sites for hydroxylation is 2. The second kappa shape index (κ2) is 9.67. The zero-order valence-electron chi connectivity index (χ0n) is 18.6. The molecular formula is C23H27ClN6O2. The van der Waals surface area contributed by atoms with E-state index >= 15 is 0 Å². The highest BCUT2D eigenvalue weighted by molar-refractivity contribution is 6.33. The monoisotopic (exact) mass is 454 g/mol. The van der Waals surface area contributed by atoms with E-state index < -0.39 is 0 Å². The number of benzene rings is 1. The van der Waals surface area contributed by atoms with Crippen LogP contribution in [-0.2, 0) is 16.0 Å². The Balaban J connectivity index is 1.47. The number of rotatable bonds is 6. The lowest BCUT2D eigenvalue weighted by Crippen LogP contribution is -2.36. The summed E-state index contributed by atoms with van der Waals surface area (Å²) in [4.78, 5) is 23.5. The van der Waals surface area contributed by atoms with Crippen LogP contribution in [0.3, 0.4) is 0 Å². The van der Waals surface area contributed by atoms with Gasteiger partial charge in [-0.25, -0.2) is 14.6 Å². The van der Waals surface area contributed by atoms with Crippen molar-refractivity contribution in [3.63, 3.8) is 0 Å². The van der Waals surface area contributed by atoms with Gasteiger partial charge in [0.15, 0.2) is 5.82 Å². The largest absolute Gasteiger partial charge is 0.378 e. The summed E-state index contributed by atoms with van der Waals surface area (Å²) in [5.41, 5.74) is 4.57. The second-order valence-corrected chi connectivity index (χ2v) is 8.33. The Hall–Kier alpha value is -2.97. The molecule has 1 aliphatic rings. The van der Waals surface area contributed by atoms with Gasteiger partial charge in [-0.3, -0.25) is 4.79 Å². The lowest BCUT2D eigenvalue weighted by Gasteiger charge is -2.27. The molecule has 1 fully saturated rings. The van der Waals surface area contributed by atoms with Gasteiger partial charge in [-0.1, -0.05) is 17.7 Å². The summed E-state index contributed by atoms with van der Waals surface area (Å²) in [6.07, 6.45) is 2.48. The van der Waals surface area contributed by atoms with Crippen LogP contribution in [0.2, 0.25) is 5.02 Å². The molecule has 0 atom stereocenters. The molecule has 3 aromatic rings. The number of morpholine rings is 1. The van der Waals surface area contributed by atoms with Gasteiger partial charge in [0.05, 0.1) is 29.6 Å². The Kier molecular flexibility index (Phi) is 6.72. The standard InChI is InChI=1S/C23H27ClN6O2/c1-15-4-6-20(19(24)12-15)27-23(31)7-5-18-16(2)28-30(17(18)3)22-13-21(25-14-26-22)29-8-10-32-11-9-29/h4,6,12-14H,5,7-11H2,1-3H3,(H,27,31). The highest BCUT2D eigenvalue weighted by atomic mass is 35.5. The van der Waals surface area contributed by atoms with Crippen molar-refractivity contribution in [2.45, 2.75) is 33.6 Å². The van der Waals surface area contributed by atoms with Gasteiger partial charge >= 0.3 is 0 Å². The van der Waals surface area contributed by atoms with Crippen molar-refractivity contribution >= 4 is 29.0 Å². The van der Waals surface area contributed by atoms with E-state index in [1.807, 2.05) is 49.7 Å². The van der Waals surface area contributed by atoms with Crippen molar-refractivity contribution in [1.29, 1.82) is 0 Å². The first-order valence-electron chi connectivity index (χ1n) is 10.7. The molecule has 1 N–H and O–H groups in total. The van der Waals surface area contributed by atoms with E-state index in [1.165, 1.54) is 0 Å². The predicted molar refractivity (Wildman–Crippen MR) is 125 cm³/mol. The molecule has 0 radical (unpaired) electrons. The fraction of sp³-hybridized carbons (Fsp3) is 0.391. The third-order valence-corrected chi connectivity index (χ3v) is 5.94. The minimum atomic E-state index is -0.0843. The summed E-state index contributed by atoms with van der Waals surface area (Å²) in [6.45, 7) is 8.91. The molecule has 168 valence electrons. The van der Waals surface area contributed by atoms with Crippen molar-refractivity contribution < 1.29 is 9.53 Å². The van der Waals surface area contributed by atoms with E-state index in [0.717, 1.165) is 41.4 Å². The topological polar surface area (TPSA) is 85.2 Å². The molecule has 3 heterocycles. The molecule has 8 nitrogen and oxygen atoms in total. The third-order valence-electron chi connectivity index (χ3n) is 5.63. The van der Waals surface area contributed by atoms with Crippen LogP contribution in [0.4, 0.5) is 11.5 Å². The molecule has 1 amide bonds. The minimum absolute atomic E-state index is 0.0843. The first-order valence-corrected chi connectivity index (χ1v) is 11.1. The molecule has 4 rings (SSSR count). The van der Waals surface area contributed by atoms with Crippen molar-refractivity contribution in [2.24, 2.45) is 0 Å². The van der Waals surface area contributed by atoms with Gasteiger partial charge in [0, 0.05) is 31.3 Å². The molecule has 2 aromatic heterocycles. The van der Waals surface area contributed by atoms with Gasteiger partial charge in [0.25, 0.3) is 0 Å². The van der Waals surface area contributed by atoms with E-state index in [-0.39, 0.29) is 5.91 Å². The SMILES string of the molecule is Cc1ccc(NC(=O)CCc2c(C)nn(-c3cc(N4CCOCC4)ncn3)c2C)c(Cl)c1. The van der Waals surface area contributed by atoms with E-state index in [4.69, 9.17) is 16.3 Å². The number of amides is 1. The van der Waals surface area contributed by atoms with Gasteiger partial charge in [-0.15, -0.1) is 0 Å². The first kappa shape index (κ1) is 22.2. The molecule has 0 saturated carbocycles. The van der Waals surface area contributed by atoms with E-state index in [9.17, 15) is 4.79 Å². The molecule has 1 saturated heterocycles. The summed E-state index contributed by atoms with van der Waals surface area (Å²) in [6, 6.07) is 7.53. The summed E-state index contributed by atoms with van der Waals surface area (Å²) >= 11 is 6.23. The number of halogens is 1. The predicted octanol–water partition coefficient (Wildman–Crippen LogP) is 3.65. The van der Waals surface area contributed by atoms with E-state index in [0.29, 0.717) is 42.6 Å². The maximum Gasteiger partial charge on any atom is 0.224 e. The normalized spacial score (nSPS) is 13.9. The molecule has 0 bridgehead atoms. The Bertz CT molecular complexity index is 1120.